The highest BCUT2D eigenvalue weighted by atomic mass is 32.1. The van der Waals surface area contributed by atoms with E-state index in [1.807, 2.05) is 11.3 Å². The van der Waals surface area contributed by atoms with E-state index in [0.717, 1.165) is 44.6 Å². The summed E-state index contributed by atoms with van der Waals surface area (Å²) in [7, 11) is 0. The van der Waals surface area contributed by atoms with E-state index in [-0.39, 0.29) is 5.41 Å². The van der Waals surface area contributed by atoms with Crippen LogP contribution in [0.3, 0.4) is 0 Å². The quantitative estimate of drug-likeness (QED) is 0.179. The number of hydrogen-bond donors (Lipinski definition) is 0. The lowest BCUT2D eigenvalue weighted by Crippen LogP contribution is -2.16. The van der Waals surface area contributed by atoms with Gasteiger partial charge in [0, 0.05) is 70.6 Å². The molecule has 0 radical (unpaired) electrons. The molecular weight excluding hydrogens is 699 g/mol. The van der Waals surface area contributed by atoms with Crippen LogP contribution in [0.5, 0.6) is 0 Å². The molecule has 2 nitrogen and oxygen atoms in total. The van der Waals surface area contributed by atoms with E-state index >= 15 is 0 Å². The molecular formula is C53H35NOS. The first-order chi connectivity index (χ1) is 27.5. The van der Waals surface area contributed by atoms with Crippen LogP contribution in [0.1, 0.15) is 25.0 Å². The third kappa shape index (κ3) is 4.49. The molecule has 0 saturated heterocycles. The summed E-state index contributed by atoms with van der Waals surface area (Å²) in [6, 6.07) is 64.5. The second-order valence-corrected chi connectivity index (χ2v) is 16.7. The van der Waals surface area contributed by atoms with E-state index in [2.05, 4.69) is 195 Å². The molecule has 264 valence electrons. The standard InChI is InChI=1S/C53H35NOS/c1-53(2)46-20-9-7-16-39(46)40-26-24-36(30-47(40)53)54(35-23-22-32-12-3-4-13-33(32)28-35)37-25-27-41-45-29-34-14-5-6-15-38(34)50(51(45)55-48(41)31-37)44-19-11-18-43-42-17-8-10-21-49(42)56-52(43)44/h3-31H,1-2H3. The summed E-state index contributed by atoms with van der Waals surface area (Å²) in [4.78, 5) is 2.40. The van der Waals surface area contributed by atoms with Crippen LogP contribution in [-0.2, 0) is 5.41 Å². The van der Waals surface area contributed by atoms with Crippen molar-refractivity contribution in [1.82, 2.24) is 0 Å². The number of benzene rings is 9. The summed E-state index contributed by atoms with van der Waals surface area (Å²) in [6.45, 7) is 4.70. The van der Waals surface area contributed by atoms with E-state index in [9.17, 15) is 0 Å². The Morgan fingerprint density at radius 2 is 1.11 bits per heavy atom. The molecule has 9 aromatic carbocycles. The summed E-state index contributed by atoms with van der Waals surface area (Å²) < 4.78 is 9.72. The van der Waals surface area contributed by atoms with Crippen molar-refractivity contribution < 1.29 is 4.42 Å². The van der Waals surface area contributed by atoms with Gasteiger partial charge in [0.1, 0.15) is 11.2 Å². The zero-order valence-electron chi connectivity index (χ0n) is 31.0. The molecule has 0 saturated carbocycles. The van der Waals surface area contributed by atoms with E-state index in [1.54, 1.807) is 0 Å². The molecule has 1 aliphatic carbocycles. The highest BCUT2D eigenvalue weighted by molar-refractivity contribution is 7.26. The molecule has 1 aliphatic rings. The zero-order valence-corrected chi connectivity index (χ0v) is 31.8. The molecule has 0 spiro atoms. The minimum absolute atomic E-state index is 0.116. The maximum atomic E-state index is 7.13. The molecule has 0 fully saturated rings. The zero-order chi connectivity index (χ0) is 37.1. The third-order valence-electron chi connectivity index (χ3n) is 12.2. The van der Waals surface area contributed by atoms with Crippen LogP contribution >= 0.6 is 11.3 Å². The Morgan fingerprint density at radius 1 is 0.446 bits per heavy atom. The van der Waals surface area contributed by atoms with Gasteiger partial charge >= 0.3 is 0 Å². The maximum Gasteiger partial charge on any atom is 0.143 e. The molecule has 0 bridgehead atoms. The lowest BCUT2D eigenvalue weighted by Gasteiger charge is -2.28. The van der Waals surface area contributed by atoms with Crippen molar-refractivity contribution in [2.45, 2.75) is 19.3 Å². The molecule has 0 aliphatic heterocycles. The van der Waals surface area contributed by atoms with E-state index in [1.165, 1.54) is 69.5 Å². The summed E-state index contributed by atoms with van der Waals surface area (Å²) >= 11 is 1.87. The first-order valence-electron chi connectivity index (χ1n) is 19.3. The van der Waals surface area contributed by atoms with Crippen molar-refractivity contribution in [2.24, 2.45) is 0 Å². The average Bonchev–Trinajstić information content (AvgIpc) is 3.87. The van der Waals surface area contributed by atoms with Gasteiger partial charge in [0.15, 0.2) is 0 Å². The van der Waals surface area contributed by atoms with Gasteiger partial charge in [0.25, 0.3) is 0 Å². The summed E-state index contributed by atoms with van der Waals surface area (Å²) in [5.41, 5.74) is 12.7. The highest BCUT2D eigenvalue weighted by Crippen LogP contribution is 2.52. The van der Waals surface area contributed by atoms with Crippen molar-refractivity contribution in [1.29, 1.82) is 0 Å². The number of nitrogens with zero attached hydrogens (tertiary/aromatic N) is 1. The number of thiophene rings is 1. The number of hydrogen-bond acceptors (Lipinski definition) is 3. The molecule has 2 heterocycles. The van der Waals surface area contributed by atoms with Crippen molar-refractivity contribution in [3.05, 3.63) is 187 Å². The van der Waals surface area contributed by atoms with Crippen LogP contribution in [0.15, 0.2) is 180 Å². The summed E-state index contributed by atoms with van der Waals surface area (Å²) in [5.74, 6) is 0. The van der Waals surface area contributed by atoms with Crippen LogP contribution in [0.25, 0.3) is 85.9 Å². The van der Waals surface area contributed by atoms with E-state index < -0.39 is 0 Å². The van der Waals surface area contributed by atoms with Gasteiger partial charge in [0.05, 0.1) is 0 Å². The van der Waals surface area contributed by atoms with Crippen LogP contribution in [0.2, 0.25) is 0 Å². The molecule has 0 N–H and O–H groups in total. The van der Waals surface area contributed by atoms with Gasteiger partial charge in [-0.05, 0) is 92.3 Å². The molecule has 0 atom stereocenters. The Bertz CT molecular complexity index is 3420. The molecule has 56 heavy (non-hydrogen) atoms. The SMILES string of the molecule is CC1(C)c2ccccc2-c2ccc(N(c3ccc4ccccc4c3)c3ccc4c(c3)oc3c(-c5cccc6c5sc5ccccc56)c5ccccc5cc34)cc21. The van der Waals surface area contributed by atoms with Crippen LogP contribution in [-0.4, -0.2) is 0 Å². The molecule has 2 aromatic heterocycles. The van der Waals surface area contributed by atoms with Gasteiger partial charge in [0.2, 0.25) is 0 Å². The van der Waals surface area contributed by atoms with Gasteiger partial charge in [-0.15, -0.1) is 11.3 Å². The fourth-order valence-corrected chi connectivity index (χ4v) is 10.7. The number of fused-ring (bicyclic) bond motifs is 11. The third-order valence-corrected chi connectivity index (χ3v) is 13.4. The Balaban J connectivity index is 1.10. The monoisotopic (exact) mass is 733 g/mol. The first kappa shape index (κ1) is 31.6. The van der Waals surface area contributed by atoms with E-state index in [4.69, 9.17) is 4.42 Å². The van der Waals surface area contributed by atoms with Crippen molar-refractivity contribution in [3.8, 4) is 22.3 Å². The number of anilines is 3. The van der Waals surface area contributed by atoms with Gasteiger partial charge < -0.3 is 9.32 Å². The van der Waals surface area contributed by atoms with Crippen LogP contribution in [0, 0.1) is 0 Å². The van der Waals surface area contributed by atoms with E-state index in [0.29, 0.717) is 0 Å². The van der Waals surface area contributed by atoms with Crippen molar-refractivity contribution in [3.63, 3.8) is 0 Å². The van der Waals surface area contributed by atoms with Crippen molar-refractivity contribution >= 4 is 92.1 Å². The second-order valence-electron chi connectivity index (χ2n) is 15.7. The Hall–Kier alpha value is -6.68. The highest BCUT2D eigenvalue weighted by Gasteiger charge is 2.36. The molecule has 3 heteroatoms. The predicted molar refractivity (Wildman–Crippen MR) is 239 cm³/mol. The van der Waals surface area contributed by atoms with Gasteiger partial charge in [-0.2, -0.15) is 0 Å². The average molecular weight is 734 g/mol. The number of rotatable bonds is 4. The lowest BCUT2D eigenvalue weighted by atomic mass is 9.82. The number of furan rings is 1. The molecule has 0 unspecified atom stereocenters. The van der Waals surface area contributed by atoms with Gasteiger partial charge in [-0.1, -0.05) is 135 Å². The lowest BCUT2D eigenvalue weighted by molar-refractivity contribution is 0.660. The van der Waals surface area contributed by atoms with Gasteiger partial charge in [-0.3, -0.25) is 0 Å². The minimum Gasteiger partial charge on any atom is -0.455 e. The van der Waals surface area contributed by atoms with Crippen molar-refractivity contribution in [2.75, 3.05) is 4.90 Å². The smallest absolute Gasteiger partial charge is 0.143 e. The van der Waals surface area contributed by atoms with Crippen LogP contribution in [0.4, 0.5) is 17.1 Å². The predicted octanol–water partition coefficient (Wildman–Crippen LogP) is 15.7. The Morgan fingerprint density at radius 3 is 2.02 bits per heavy atom. The maximum absolute atomic E-state index is 7.13. The molecule has 11 aromatic rings. The van der Waals surface area contributed by atoms with Gasteiger partial charge in [-0.25, -0.2) is 0 Å². The fraction of sp³-hybridized carbons (Fsp3) is 0.0566. The minimum atomic E-state index is -0.116. The topological polar surface area (TPSA) is 16.4 Å². The largest absolute Gasteiger partial charge is 0.455 e. The Kier molecular flexibility index (Phi) is 6.59. The second kappa shape index (κ2) is 11.7. The fourth-order valence-electron chi connectivity index (χ4n) is 9.51. The normalized spacial score (nSPS) is 13.3. The summed E-state index contributed by atoms with van der Waals surface area (Å²) in [6.07, 6.45) is 0. The first-order valence-corrected chi connectivity index (χ1v) is 20.1. The Labute approximate surface area is 328 Å². The van der Waals surface area contributed by atoms with Crippen LogP contribution < -0.4 is 4.90 Å². The molecule has 0 amide bonds. The summed E-state index contributed by atoms with van der Waals surface area (Å²) in [5, 5.41) is 9.67. The molecule has 12 rings (SSSR count).